The van der Waals surface area contributed by atoms with Crippen LogP contribution in [0.2, 0.25) is 0 Å². The Morgan fingerprint density at radius 2 is 1.89 bits per heavy atom. The van der Waals surface area contributed by atoms with E-state index in [0.717, 1.165) is 19.1 Å². The smallest absolute Gasteiger partial charge is 0.0469 e. The molecule has 0 radical (unpaired) electrons. The van der Waals surface area contributed by atoms with E-state index in [9.17, 15) is 0 Å². The van der Waals surface area contributed by atoms with Crippen LogP contribution in [0.5, 0.6) is 0 Å². The number of ether oxygens (including phenoxy) is 1. The summed E-state index contributed by atoms with van der Waals surface area (Å²) in [6, 6.07) is 1.31. The molecule has 0 aromatic heterocycles. The monoisotopic (exact) mass is 268 g/mol. The van der Waals surface area contributed by atoms with Gasteiger partial charge in [-0.05, 0) is 51.1 Å². The van der Waals surface area contributed by atoms with Crippen molar-refractivity contribution < 1.29 is 4.74 Å². The molecule has 3 nitrogen and oxygen atoms in total. The van der Waals surface area contributed by atoms with Crippen molar-refractivity contribution in [2.45, 2.75) is 58.0 Å². The molecule has 3 heteroatoms. The Hall–Kier alpha value is -0.120. The Bertz CT molecular complexity index is 274. The molecule has 112 valence electrons. The number of nitrogens with zero attached hydrogens (tertiary/aromatic N) is 1. The number of hydrogen-bond acceptors (Lipinski definition) is 3. The zero-order valence-electron chi connectivity index (χ0n) is 13.2. The van der Waals surface area contributed by atoms with Crippen LogP contribution in [0.3, 0.4) is 0 Å². The molecule has 0 spiro atoms. The first-order valence-corrected chi connectivity index (χ1v) is 8.00. The zero-order chi connectivity index (χ0) is 13.9. The van der Waals surface area contributed by atoms with Crippen LogP contribution in [0.25, 0.3) is 0 Å². The maximum Gasteiger partial charge on any atom is 0.0469 e. The minimum absolute atomic E-state index is 0.418. The predicted octanol–water partition coefficient (Wildman–Crippen LogP) is 2.51. The minimum Gasteiger partial charge on any atom is -0.381 e. The van der Waals surface area contributed by atoms with Crippen LogP contribution in [-0.2, 0) is 4.74 Å². The third-order valence-electron chi connectivity index (χ3n) is 5.31. The van der Waals surface area contributed by atoms with Gasteiger partial charge in [-0.1, -0.05) is 20.3 Å². The van der Waals surface area contributed by atoms with Crippen molar-refractivity contribution in [1.82, 2.24) is 10.2 Å². The molecule has 0 amide bonds. The zero-order valence-corrected chi connectivity index (χ0v) is 13.2. The third kappa shape index (κ3) is 3.71. The summed E-state index contributed by atoms with van der Waals surface area (Å²) in [5, 5.41) is 3.60. The second kappa shape index (κ2) is 6.55. The summed E-state index contributed by atoms with van der Waals surface area (Å²) >= 11 is 0. The van der Waals surface area contributed by atoms with E-state index in [4.69, 9.17) is 4.74 Å². The molecule has 2 aliphatic rings. The van der Waals surface area contributed by atoms with Crippen LogP contribution in [0.15, 0.2) is 0 Å². The Morgan fingerprint density at radius 3 is 2.53 bits per heavy atom. The van der Waals surface area contributed by atoms with Gasteiger partial charge in [0.2, 0.25) is 0 Å². The van der Waals surface area contributed by atoms with Gasteiger partial charge in [0.05, 0.1) is 0 Å². The van der Waals surface area contributed by atoms with Crippen LogP contribution < -0.4 is 5.32 Å². The van der Waals surface area contributed by atoms with E-state index >= 15 is 0 Å². The molecule has 0 aromatic carbocycles. The first kappa shape index (κ1) is 15.3. The van der Waals surface area contributed by atoms with Crippen LogP contribution in [0.4, 0.5) is 0 Å². The van der Waals surface area contributed by atoms with E-state index in [2.05, 4.69) is 38.2 Å². The van der Waals surface area contributed by atoms with Gasteiger partial charge in [-0.3, -0.25) is 0 Å². The largest absolute Gasteiger partial charge is 0.381 e. The summed E-state index contributed by atoms with van der Waals surface area (Å²) in [6.07, 6.45) is 6.54. The van der Waals surface area contributed by atoms with Crippen LogP contribution in [0, 0.1) is 11.3 Å². The normalized spacial score (nSPS) is 32.7. The van der Waals surface area contributed by atoms with Crippen molar-refractivity contribution in [1.29, 1.82) is 0 Å². The summed E-state index contributed by atoms with van der Waals surface area (Å²) in [7, 11) is 4.46. The van der Waals surface area contributed by atoms with E-state index in [1.807, 2.05) is 0 Å². The average Bonchev–Trinajstić information content (AvgIpc) is 2.38. The standard InChI is InChI=1S/C16H32N2O/c1-16(2)9-5-6-14(15(16)17-3)18(4)12-13-7-10-19-11-8-13/h13-15,17H,5-12H2,1-4H3. The summed E-state index contributed by atoms with van der Waals surface area (Å²) in [5.41, 5.74) is 0.418. The molecule has 2 rings (SSSR count). The van der Waals surface area contributed by atoms with Gasteiger partial charge in [0, 0.05) is 31.8 Å². The maximum absolute atomic E-state index is 5.47. The lowest BCUT2D eigenvalue weighted by Crippen LogP contribution is -2.57. The third-order valence-corrected chi connectivity index (χ3v) is 5.31. The van der Waals surface area contributed by atoms with Gasteiger partial charge < -0.3 is 15.0 Å². The molecule has 1 aliphatic carbocycles. The van der Waals surface area contributed by atoms with Crippen LogP contribution >= 0.6 is 0 Å². The van der Waals surface area contributed by atoms with Gasteiger partial charge in [0.15, 0.2) is 0 Å². The van der Waals surface area contributed by atoms with E-state index in [1.54, 1.807) is 0 Å². The first-order chi connectivity index (χ1) is 9.04. The van der Waals surface area contributed by atoms with E-state index in [1.165, 1.54) is 38.6 Å². The van der Waals surface area contributed by atoms with Crippen molar-refractivity contribution in [3.8, 4) is 0 Å². The Labute approximate surface area is 119 Å². The van der Waals surface area contributed by atoms with Gasteiger partial charge in [-0.2, -0.15) is 0 Å². The van der Waals surface area contributed by atoms with E-state index in [-0.39, 0.29) is 0 Å². The molecule has 1 saturated carbocycles. The second-order valence-corrected chi connectivity index (χ2v) is 7.21. The fourth-order valence-electron chi connectivity index (χ4n) is 4.14. The highest BCUT2D eigenvalue weighted by atomic mass is 16.5. The fraction of sp³-hybridized carbons (Fsp3) is 1.00. The topological polar surface area (TPSA) is 24.5 Å². The van der Waals surface area contributed by atoms with Crippen molar-refractivity contribution in [2.75, 3.05) is 33.9 Å². The fourth-order valence-corrected chi connectivity index (χ4v) is 4.14. The van der Waals surface area contributed by atoms with Crippen LogP contribution in [0.1, 0.15) is 46.0 Å². The van der Waals surface area contributed by atoms with Crippen LogP contribution in [-0.4, -0.2) is 50.8 Å². The summed E-state index contributed by atoms with van der Waals surface area (Å²) in [6.45, 7) is 8.00. The molecule has 2 fully saturated rings. The lowest BCUT2D eigenvalue weighted by Gasteiger charge is -2.48. The molecule has 1 saturated heterocycles. The average molecular weight is 268 g/mol. The molecule has 0 aromatic rings. The summed E-state index contributed by atoms with van der Waals surface area (Å²) in [5.74, 6) is 0.835. The number of likely N-dealkylation sites (N-methyl/N-ethyl adjacent to an activating group) is 2. The molecule has 2 atom stereocenters. The quantitative estimate of drug-likeness (QED) is 0.848. The van der Waals surface area contributed by atoms with Crippen molar-refractivity contribution in [2.24, 2.45) is 11.3 Å². The second-order valence-electron chi connectivity index (χ2n) is 7.21. The first-order valence-electron chi connectivity index (χ1n) is 8.00. The predicted molar refractivity (Wildman–Crippen MR) is 80.4 cm³/mol. The Kier molecular flexibility index (Phi) is 5.27. The van der Waals surface area contributed by atoms with E-state index in [0.29, 0.717) is 17.5 Å². The van der Waals surface area contributed by atoms with Gasteiger partial charge in [-0.15, -0.1) is 0 Å². The summed E-state index contributed by atoms with van der Waals surface area (Å²) in [4.78, 5) is 2.62. The molecule has 0 bridgehead atoms. The van der Waals surface area contributed by atoms with Crippen molar-refractivity contribution in [3.63, 3.8) is 0 Å². The highest BCUT2D eigenvalue weighted by molar-refractivity contribution is 4.97. The minimum atomic E-state index is 0.418. The Balaban J connectivity index is 1.94. The van der Waals surface area contributed by atoms with Crippen molar-refractivity contribution in [3.05, 3.63) is 0 Å². The maximum atomic E-state index is 5.47. The SMILES string of the molecule is CNC1C(N(C)CC2CCOCC2)CCCC1(C)C. The van der Waals surface area contributed by atoms with Gasteiger partial charge in [0.1, 0.15) is 0 Å². The van der Waals surface area contributed by atoms with E-state index < -0.39 is 0 Å². The van der Waals surface area contributed by atoms with Gasteiger partial charge in [0.25, 0.3) is 0 Å². The summed E-state index contributed by atoms with van der Waals surface area (Å²) < 4.78 is 5.47. The molecule has 1 N–H and O–H groups in total. The molecule has 1 aliphatic heterocycles. The molecular weight excluding hydrogens is 236 g/mol. The number of rotatable bonds is 4. The highest BCUT2D eigenvalue weighted by Crippen LogP contribution is 2.37. The Morgan fingerprint density at radius 1 is 1.21 bits per heavy atom. The number of nitrogens with one attached hydrogen (secondary N) is 1. The van der Waals surface area contributed by atoms with Gasteiger partial charge >= 0.3 is 0 Å². The highest BCUT2D eigenvalue weighted by Gasteiger charge is 2.39. The molecule has 19 heavy (non-hydrogen) atoms. The molecule has 1 heterocycles. The van der Waals surface area contributed by atoms with Gasteiger partial charge in [-0.25, -0.2) is 0 Å². The molecular formula is C16H32N2O. The molecule has 2 unspecified atom stereocenters. The van der Waals surface area contributed by atoms with Crippen molar-refractivity contribution >= 4 is 0 Å². The lowest BCUT2D eigenvalue weighted by molar-refractivity contribution is 0.0260. The number of hydrogen-bond donors (Lipinski definition) is 1. The lowest BCUT2D eigenvalue weighted by atomic mass is 9.70.